The normalized spacial score (nSPS) is 11.8. The Hall–Kier alpha value is -7.98. The van der Waals surface area contributed by atoms with Crippen molar-refractivity contribution in [3.8, 4) is 33.6 Å². The average Bonchev–Trinajstić information content (AvgIpc) is 3.88. The molecule has 0 aliphatic heterocycles. The summed E-state index contributed by atoms with van der Waals surface area (Å²) in [5, 5.41) is 10.4. The Morgan fingerprint density at radius 2 is 0.683 bits per heavy atom. The van der Waals surface area contributed by atoms with Crippen LogP contribution in [0, 0.1) is 0 Å². The van der Waals surface area contributed by atoms with Crippen molar-refractivity contribution >= 4 is 72.4 Å². The zero-order chi connectivity index (χ0) is 41.7. The molecule has 2 heterocycles. The first-order valence-corrected chi connectivity index (χ1v) is 23.8. The van der Waals surface area contributed by atoms with E-state index < -0.39 is 8.07 Å². The van der Waals surface area contributed by atoms with E-state index in [1.165, 1.54) is 86.6 Å². The number of hydrogen-bond acceptors (Lipinski definition) is 0. The molecule has 0 saturated heterocycles. The molecule has 10 aromatic carbocycles. The lowest BCUT2D eigenvalue weighted by molar-refractivity contribution is 1.13. The van der Waals surface area contributed by atoms with E-state index in [2.05, 4.69) is 264 Å². The van der Waals surface area contributed by atoms with E-state index in [-0.39, 0.29) is 0 Å². The van der Waals surface area contributed by atoms with Gasteiger partial charge in [-0.05, 0) is 85.5 Å². The van der Waals surface area contributed by atoms with Crippen molar-refractivity contribution in [1.29, 1.82) is 0 Å². The predicted molar refractivity (Wildman–Crippen MR) is 270 cm³/mol. The number of nitrogens with zero attached hydrogens (tertiary/aromatic N) is 2. The van der Waals surface area contributed by atoms with Gasteiger partial charge in [-0.2, -0.15) is 0 Å². The van der Waals surface area contributed by atoms with Gasteiger partial charge in [0.15, 0.2) is 8.07 Å². The predicted octanol–water partition coefficient (Wildman–Crippen LogP) is 12.6. The van der Waals surface area contributed by atoms with Crippen molar-refractivity contribution in [3.05, 3.63) is 255 Å². The second kappa shape index (κ2) is 15.2. The monoisotopic (exact) mass is 818 g/mol. The molecule has 0 bridgehead atoms. The summed E-state index contributed by atoms with van der Waals surface area (Å²) in [7, 11) is -2.79. The van der Waals surface area contributed by atoms with Gasteiger partial charge in [-0.15, -0.1) is 0 Å². The number of aromatic nitrogens is 2. The molecule has 0 spiro atoms. The van der Waals surface area contributed by atoms with Crippen LogP contribution in [0.3, 0.4) is 0 Å². The van der Waals surface area contributed by atoms with Crippen LogP contribution < -0.4 is 20.7 Å². The summed E-state index contributed by atoms with van der Waals surface area (Å²) in [6, 6.07) is 94.3. The topological polar surface area (TPSA) is 9.86 Å². The highest BCUT2D eigenvalue weighted by Gasteiger charge is 2.41. The molecule has 0 N–H and O–H groups in total. The Kier molecular flexibility index (Phi) is 8.87. The first-order chi connectivity index (χ1) is 31.3. The summed E-state index contributed by atoms with van der Waals surface area (Å²) in [6.07, 6.45) is 0. The fourth-order valence-corrected chi connectivity index (χ4v) is 15.0. The SMILES string of the molecule is c1ccc(-c2ccc(-n3c4ccccc4c4cc(-c5ccccc5)cc(-n5c6ccccc6c6cc([Si](c7ccccc7)(c7ccccc7)c7ccccc7)ccc65)c43)cc2)cc1. The van der Waals surface area contributed by atoms with Gasteiger partial charge >= 0.3 is 0 Å². The maximum absolute atomic E-state index is 2.79. The molecule has 0 saturated carbocycles. The lowest BCUT2D eigenvalue weighted by atomic mass is 10.0. The quantitative estimate of drug-likeness (QED) is 0.107. The van der Waals surface area contributed by atoms with Gasteiger partial charge in [0.05, 0.1) is 27.8 Å². The molecule has 0 fully saturated rings. The molecule has 0 amide bonds. The first kappa shape index (κ1) is 36.8. The van der Waals surface area contributed by atoms with Crippen LogP contribution >= 0.6 is 0 Å². The Bertz CT molecular complexity index is 3480. The van der Waals surface area contributed by atoms with Crippen LogP contribution in [0.15, 0.2) is 255 Å². The van der Waals surface area contributed by atoms with E-state index in [0.717, 1.165) is 11.4 Å². The number of fused-ring (bicyclic) bond motifs is 6. The highest BCUT2D eigenvalue weighted by molar-refractivity contribution is 7.20. The first-order valence-electron chi connectivity index (χ1n) is 21.8. The number of rotatable bonds is 8. The van der Waals surface area contributed by atoms with Crippen molar-refractivity contribution in [2.45, 2.75) is 0 Å². The largest absolute Gasteiger partial charge is 0.307 e. The molecule has 0 aliphatic carbocycles. The molecular formula is C60H42N2Si. The summed E-state index contributed by atoms with van der Waals surface area (Å²) >= 11 is 0. The van der Waals surface area contributed by atoms with Crippen LogP contribution in [0.4, 0.5) is 0 Å². The number of para-hydroxylation sites is 2. The standard InChI is InChI=1S/C60H42N2Si/c1-6-20-43(21-7-1)45-34-36-47(37-35-45)61-56-32-18-17-31-53(56)55-40-46(44-22-8-2-9-23-44)41-59(60(55)61)62-57-33-19-16-30-52(57)54-42-51(38-39-58(54)62)63(48-24-10-3-11-25-48,49-26-12-4-13-27-49)50-28-14-5-15-29-50/h1-42H. The van der Waals surface area contributed by atoms with Crippen LogP contribution in [0.2, 0.25) is 0 Å². The maximum Gasteiger partial charge on any atom is 0.179 e. The van der Waals surface area contributed by atoms with Crippen LogP contribution in [0.1, 0.15) is 0 Å². The zero-order valence-corrected chi connectivity index (χ0v) is 35.6. The van der Waals surface area contributed by atoms with Crippen LogP contribution in [-0.4, -0.2) is 17.2 Å². The molecular weight excluding hydrogens is 777 g/mol. The Morgan fingerprint density at radius 1 is 0.254 bits per heavy atom. The average molecular weight is 819 g/mol. The lowest BCUT2D eigenvalue weighted by Gasteiger charge is -2.34. The van der Waals surface area contributed by atoms with Crippen molar-refractivity contribution in [1.82, 2.24) is 9.13 Å². The number of benzene rings is 10. The minimum atomic E-state index is -2.79. The molecule has 2 aromatic heterocycles. The van der Waals surface area contributed by atoms with E-state index in [0.29, 0.717) is 0 Å². The second-order valence-electron chi connectivity index (χ2n) is 16.5. The lowest BCUT2D eigenvalue weighted by Crippen LogP contribution is -2.74. The van der Waals surface area contributed by atoms with Crippen molar-refractivity contribution < 1.29 is 0 Å². The van der Waals surface area contributed by atoms with E-state index in [1.807, 2.05) is 0 Å². The summed E-state index contributed by atoms with van der Waals surface area (Å²) < 4.78 is 5.02. The van der Waals surface area contributed by atoms with Gasteiger partial charge in [0, 0.05) is 27.2 Å². The van der Waals surface area contributed by atoms with Gasteiger partial charge in [-0.25, -0.2) is 0 Å². The molecule has 12 aromatic rings. The fourth-order valence-electron chi connectivity index (χ4n) is 10.3. The smallest absolute Gasteiger partial charge is 0.179 e. The second-order valence-corrected chi connectivity index (χ2v) is 20.3. The van der Waals surface area contributed by atoms with E-state index in [4.69, 9.17) is 0 Å². The van der Waals surface area contributed by atoms with Crippen LogP contribution in [-0.2, 0) is 0 Å². The third-order valence-corrected chi connectivity index (χ3v) is 17.8. The Labute approximate surface area is 368 Å². The molecule has 0 aliphatic rings. The van der Waals surface area contributed by atoms with E-state index in [1.54, 1.807) is 0 Å². The van der Waals surface area contributed by atoms with Gasteiger partial charge < -0.3 is 9.13 Å². The van der Waals surface area contributed by atoms with Crippen LogP contribution in [0.25, 0.3) is 77.2 Å². The third-order valence-electron chi connectivity index (χ3n) is 13.1. The highest BCUT2D eigenvalue weighted by atomic mass is 28.3. The highest BCUT2D eigenvalue weighted by Crippen LogP contribution is 2.42. The van der Waals surface area contributed by atoms with Crippen molar-refractivity contribution in [3.63, 3.8) is 0 Å². The van der Waals surface area contributed by atoms with Gasteiger partial charge in [0.25, 0.3) is 0 Å². The van der Waals surface area contributed by atoms with Gasteiger partial charge in [-0.3, -0.25) is 0 Å². The van der Waals surface area contributed by atoms with Gasteiger partial charge in [0.2, 0.25) is 0 Å². The van der Waals surface area contributed by atoms with E-state index in [9.17, 15) is 0 Å². The van der Waals surface area contributed by atoms with Gasteiger partial charge in [0.1, 0.15) is 0 Å². The molecule has 0 atom stereocenters. The minimum Gasteiger partial charge on any atom is -0.307 e. The van der Waals surface area contributed by atoms with E-state index >= 15 is 0 Å². The Morgan fingerprint density at radius 3 is 1.24 bits per heavy atom. The van der Waals surface area contributed by atoms with Crippen molar-refractivity contribution in [2.24, 2.45) is 0 Å². The fraction of sp³-hybridized carbons (Fsp3) is 0. The summed E-state index contributed by atoms with van der Waals surface area (Å²) in [4.78, 5) is 0. The zero-order valence-electron chi connectivity index (χ0n) is 34.6. The summed E-state index contributed by atoms with van der Waals surface area (Å²) in [5.74, 6) is 0. The number of hydrogen-bond donors (Lipinski definition) is 0. The minimum absolute atomic E-state index is 1.13. The summed E-state index contributed by atoms with van der Waals surface area (Å²) in [5.41, 5.74) is 11.8. The summed E-state index contributed by atoms with van der Waals surface area (Å²) in [6.45, 7) is 0. The van der Waals surface area contributed by atoms with Crippen molar-refractivity contribution in [2.75, 3.05) is 0 Å². The molecule has 63 heavy (non-hydrogen) atoms. The molecule has 2 nitrogen and oxygen atoms in total. The Balaban J connectivity index is 1.18. The van der Waals surface area contributed by atoms with Crippen LogP contribution in [0.5, 0.6) is 0 Å². The molecule has 12 rings (SSSR count). The maximum atomic E-state index is 2.54. The molecule has 0 radical (unpaired) electrons. The molecule has 0 unspecified atom stereocenters. The third kappa shape index (κ3) is 5.93. The molecule has 296 valence electrons. The van der Waals surface area contributed by atoms with Gasteiger partial charge in [-0.1, -0.05) is 212 Å². The molecule has 3 heteroatoms.